The summed E-state index contributed by atoms with van der Waals surface area (Å²) in [4.78, 5) is 3.70. The van der Waals surface area contributed by atoms with Crippen LogP contribution in [0, 0.1) is 12.2 Å². The van der Waals surface area contributed by atoms with Gasteiger partial charge >= 0.3 is 0 Å². The standard InChI is InChI=1S/C7H6ClFN/c1-2-5-6(9)3-4-10-7(5)8/h2-4H,1H3. The van der Waals surface area contributed by atoms with Crippen molar-refractivity contribution >= 4 is 11.6 Å². The molecule has 0 fully saturated rings. The third-order valence-corrected chi connectivity index (χ3v) is 1.48. The van der Waals surface area contributed by atoms with Crippen LogP contribution < -0.4 is 0 Å². The van der Waals surface area contributed by atoms with Crippen LogP contribution in [0.15, 0.2) is 12.3 Å². The molecule has 0 aliphatic carbocycles. The molecule has 0 unspecified atom stereocenters. The van der Waals surface area contributed by atoms with Gasteiger partial charge in [0, 0.05) is 11.8 Å². The number of nitrogens with zero attached hydrogens (tertiary/aromatic N) is 1. The Hall–Kier alpha value is -0.630. The molecular formula is C7H6ClFN. The lowest BCUT2D eigenvalue weighted by atomic mass is 10.2. The lowest BCUT2D eigenvalue weighted by Gasteiger charge is -1.98. The molecule has 1 rings (SSSR count). The molecule has 0 atom stereocenters. The summed E-state index contributed by atoms with van der Waals surface area (Å²) < 4.78 is 12.7. The van der Waals surface area contributed by atoms with Crippen LogP contribution in [0.25, 0.3) is 0 Å². The summed E-state index contributed by atoms with van der Waals surface area (Å²) >= 11 is 5.55. The molecule has 1 aromatic heterocycles. The van der Waals surface area contributed by atoms with Crippen LogP contribution in [0.4, 0.5) is 4.39 Å². The Balaban J connectivity index is 3.17. The Bertz CT molecular complexity index is 217. The molecule has 1 heterocycles. The smallest absolute Gasteiger partial charge is 0.135 e. The molecule has 10 heavy (non-hydrogen) atoms. The van der Waals surface area contributed by atoms with Gasteiger partial charge < -0.3 is 0 Å². The van der Waals surface area contributed by atoms with Crippen molar-refractivity contribution in [3.63, 3.8) is 0 Å². The number of hydrogen-bond donors (Lipinski definition) is 0. The van der Waals surface area contributed by atoms with Crippen molar-refractivity contribution in [3.05, 3.63) is 35.2 Å². The highest BCUT2D eigenvalue weighted by molar-refractivity contribution is 6.30. The van der Waals surface area contributed by atoms with Crippen LogP contribution in [-0.2, 0) is 0 Å². The van der Waals surface area contributed by atoms with E-state index in [2.05, 4.69) is 4.98 Å². The molecule has 0 N–H and O–H groups in total. The first-order chi connectivity index (χ1) is 4.75. The lowest BCUT2D eigenvalue weighted by Crippen LogP contribution is -1.88. The number of halogens is 2. The molecule has 53 valence electrons. The molecule has 1 radical (unpaired) electrons. The van der Waals surface area contributed by atoms with Crippen molar-refractivity contribution in [2.45, 2.75) is 6.92 Å². The maximum absolute atomic E-state index is 12.7. The van der Waals surface area contributed by atoms with E-state index in [4.69, 9.17) is 11.6 Å². The van der Waals surface area contributed by atoms with Crippen molar-refractivity contribution < 1.29 is 4.39 Å². The molecule has 0 saturated carbocycles. The Morgan fingerprint density at radius 2 is 2.40 bits per heavy atom. The van der Waals surface area contributed by atoms with Gasteiger partial charge in [-0.1, -0.05) is 18.5 Å². The van der Waals surface area contributed by atoms with Crippen molar-refractivity contribution in [1.29, 1.82) is 0 Å². The summed E-state index contributed by atoms with van der Waals surface area (Å²) in [6, 6.07) is 1.28. The van der Waals surface area contributed by atoms with Crippen molar-refractivity contribution in [1.82, 2.24) is 4.98 Å². The number of hydrogen-bond acceptors (Lipinski definition) is 1. The highest BCUT2D eigenvalue weighted by Gasteiger charge is 2.03. The van der Waals surface area contributed by atoms with E-state index in [9.17, 15) is 4.39 Å². The van der Waals surface area contributed by atoms with E-state index in [1.807, 2.05) is 0 Å². The van der Waals surface area contributed by atoms with Gasteiger partial charge in [-0.05, 0) is 12.5 Å². The van der Waals surface area contributed by atoms with Gasteiger partial charge in [0.05, 0.1) is 0 Å². The van der Waals surface area contributed by atoms with Gasteiger partial charge in [0.25, 0.3) is 0 Å². The average molecular weight is 159 g/mol. The SMILES string of the molecule is C[CH]c1c(F)ccnc1Cl. The van der Waals surface area contributed by atoms with E-state index >= 15 is 0 Å². The number of rotatable bonds is 1. The van der Waals surface area contributed by atoms with E-state index in [1.165, 1.54) is 12.3 Å². The highest BCUT2D eigenvalue weighted by atomic mass is 35.5. The van der Waals surface area contributed by atoms with Crippen LogP contribution >= 0.6 is 11.6 Å². The van der Waals surface area contributed by atoms with Crippen LogP contribution in [0.2, 0.25) is 5.15 Å². The minimum Gasteiger partial charge on any atom is -0.244 e. The van der Waals surface area contributed by atoms with Crippen molar-refractivity contribution in [2.24, 2.45) is 0 Å². The summed E-state index contributed by atoms with van der Waals surface area (Å²) in [5, 5.41) is 0.211. The third kappa shape index (κ3) is 1.27. The fourth-order valence-corrected chi connectivity index (χ4v) is 0.939. The molecule has 1 nitrogen and oxygen atoms in total. The maximum Gasteiger partial charge on any atom is 0.135 e. The second-order valence-corrected chi connectivity index (χ2v) is 2.14. The summed E-state index contributed by atoms with van der Waals surface area (Å²) in [5.41, 5.74) is 0.365. The van der Waals surface area contributed by atoms with E-state index in [-0.39, 0.29) is 11.0 Å². The highest BCUT2D eigenvalue weighted by Crippen LogP contribution is 2.16. The molecule has 0 aromatic carbocycles. The predicted molar refractivity (Wildman–Crippen MR) is 38.3 cm³/mol. The van der Waals surface area contributed by atoms with Gasteiger partial charge in [-0.2, -0.15) is 0 Å². The molecule has 0 spiro atoms. The average Bonchev–Trinajstić information content (AvgIpc) is 1.88. The lowest BCUT2D eigenvalue weighted by molar-refractivity contribution is 0.618. The molecule has 0 aliphatic rings. The molecule has 0 saturated heterocycles. The zero-order chi connectivity index (χ0) is 7.56. The monoisotopic (exact) mass is 158 g/mol. The van der Waals surface area contributed by atoms with Crippen LogP contribution in [-0.4, -0.2) is 4.98 Å². The minimum absolute atomic E-state index is 0.211. The van der Waals surface area contributed by atoms with Gasteiger partial charge in [-0.15, -0.1) is 0 Å². The Kier molecular flexibility index (Phi) is 2.22. The van der Waals surface area contributed by atoms with Crippen molar-refractivity contribution in [2.75, 3.05) is 0 Å². The van der Waals surface area contributed by atoms with E-state index in [0.29, 0.717) is 5.56 Å². The topological polar surface area (TPSA) is 12.9 Å². The van der Waals surface area contributed by atoms with Crippen LogP contribution in [0.3, 0.4) is 0 Å². The Morgan fingerprint density at radius 1 is 1.70 bits per heavy atom. The molecule has 0 amide bonds. The van der Waals surface area contributed by atoms with E-state index in [0.717, 1.165) is 0 Å². The third-order valence-electron chi connectivity index (χ3n) is 1.18. The fourth-order valence-electron chi connectivity index (χ4n) is 0.683. The van der Waals surface area contributed by atoms with E-state index < -0.39 is 0 Å². The first kappa shape index (κ1) is 7.48. The van der Waals surface area contributed by atoms with Crippen LogP contribution in [0.1, 0.15) is 12.5 Å². The number of aromatic nitrogens is 1. The Labute approximate surface area is 63.8 Å². The molecule has 0 aliphatic heterocycles. The molecule has 3 heteroatoms. The van der Waals surface area contributed by atoms with Crippen LogP contribution in [0.5, 0.6) is 0 Å². The van der Waals surface area contributed by atoms with Gasteiger partial charge in [-0.25, -0.2) is 9.37 Å². The van der Waals surface area contributed by atoms with Gasteiger partial charge in [-0.3, -0.25) is 0 Å². The van der Waals surface area contributed by atoms with Gasteiger partial charge in [0.1, 0.15) is 11.0 Å². The molecular weight excluding hydrogens is 153 g/mol. The van der Waals surface area contributed by atoms with E-state index in [1.54, 1.807) is 13.3 Å². The quantitative estimate of drug-likeness (QED) is 0.572. The molecule has 1 aromatic rings. The molecule has 0 bridgehead atoms. The zero-order valence-electron chi connectivity index (χ0n) is 5.44. The summed E-state index contributed by atoms with van der Waals surface area (Å²) in [6.07, 6.45) is 2.93. The number of pyridine rings is 1. The predicted octanol–water partition coefficient (Wildman–Crippen LogP) is 2.45. The second kappa shape index (κ2) is 2.97. The largest absolute Gasteiger partial charge is 0.244 e. The normalized spacial score (nSPS) is 9.90. The minimum atomic E-state index is -0.331. The van der Waals surface area contributed by atoms with Gasteiger partial charge in [0.2, 0.25) is 0 Å². The maximum atomic E-state index is 12.7. The summed E-state index contributed by atoms with van der Waals surface area (Å²) in [5.74, 6) is -0.331. The zero-order valence-corrected chi connectivity index (χ0v) is 6.19. The Morgan fingerprint density at radius 3 is 2.80 bits per heavy atom. The van der Waals surface area contributed by atoms with Gasteiger partial charge in [0.15, 0.2) is 0 Å². The second-order valence-electron chi connectivity index (χ2n) is 1.79. The van der Waals surface area contributed by atoms with Crippen molar-refractivity contribution in [3.8, 4) is 0 Å². The summed E-state index contributed by atoms with van der Waals surface area (Å²) in [6.45, 7) is 1.71. The fraction of sp³-hybridized carbons (Fsp3) is 0.143. The first-order valence-corrected chi connectivity index (χ1v) is 3.23. The first-order valence-electron chi connectivity index (χ1n) is 2.85. The summed E-state index contributed by atoms with van der Waals surface area (Å²) in [7, 11) is 0.